The van der Waals surface area contributed by atoms with E-state index < -0.39 is 12.2 Å². The lowest BCUT2D eigenvalue weighted by atomic mass is 10.0. The van der Waals surface area contributed by atoms with Crippen LogP contribution in [0.2, 0.25) is 0 Å². The summed E-state index contributed by atoms with van der Waals surface area (Å²) in [5, 5.41) is 12.3. The highest BCUT2D eigenvalue weighted by Crippen LogP contribution is 2.26. The van der Waals surface area contributed by atoms with Crippen LogP contribution in [0.25, 0.3) is 0 Å². The third-order valence-electron chi connectivity index (χ3n) is 4.96. The van der Waals surface area contributed by atoms with Gasteiger partial charge < -0.3 is 15.2 Å². The maximum absolute atomic E-state index is 13.3. The van der Waals surface area contributed by atoms with Crippen molar-refractivity contribution in [3.63, 3.8) is 0 Å². The van der Waals surface area contributed by atoms with E-state index in [4.69, 9.17) is 4.74 Å². The maximum Gasteiger partial charge on any atom is 0.126 e. The topological polar surface area (TPSA) is 46.1 Å². The zero-order chi connectivity index (χ0) is 21.5. The van der Waals surface area contributed by atoms with Gasteiger partial charge in [0.25, 0.3) is 0 Å². The molecule has 0 heterocycles. The molecule has 3 aromatic rings. The van der Waals surface area contributed by atoms with Gasteiger partial charge in [0.1, 0.15) is 42.2 Å². The van der Waals surface area contributed by atoms with Gasteiger partial charge in [0, 0.05) is 5.56 Å². The molecule has 0 aromatic heterocycles. The Balaban J connectivity index is 1.61. The number of aliphatic hydroxyl groups is 1. The van der Waals surface area contributed by atoms with Gasteiger partial charge in [-0.1, -0.05) is 36.4 Å². The quantitative estimate of drug-likeness (QED) is 0.556. The molecule has 3 nitrogen and oxygen atoms in total. The van der Waals surface area contributed by atoms with E-state index in [1.807, 2.05) is 12.2 Å². The number of aliphatic hydroxyl groups excluding tert-OH is 1. The van der Waals surface area contributed by atoms with Gasteiger partial charge in [-0.25, -0.2) is 13.2 Å². The van der Waals surface area contributed by atoms with Crippen LogP contribution in [-0.4, -0.2) is 24.4 Å². The van der Waals surface area contributed by atoms with Crippen LogP contribution >= 0.6 is 0 Å². The van der Waals surface area contributed by atoms with Crippen molar-refractivity contribution in [3.05, 3.63) is 107 Å². The molecule has 0 aliphatic carbocycles. The number of benzene rings is 3. The Morgan fingerprint density at radius 1 is 0.733 bits per heavy atom. The Bertz CT molecular complexity index is 869. The predicted molar refractivity (Wildman–Crippen MR) is 108 cm³/mol. The van der Waals surface area contributed by atoms with Crippen molar-refractivity contribution in [1.29, 1.82) is 0 Å². The number of hydrogen-bond donors (Lipinski definition) is 2. The minimum absolute atomic E-state index is 0.0465. The number of ether oxygens (including phenoxy) is 1. The Labute approximate surface area is 174 Å². The molecule has 0 aliphatic rings. The monoisotopic (exact) mass is 416 g/mol. The first-order valence-corrected chi connectivity index (χ1v) is 9.82. The minimum Gasteiger partial charge on any atom is -0.385 e. The van der Waals surface area contributed by atoms with E-state index in [2.05, 4.69) is 0 Å². The molecule has 0 saturated heterocycles. The van der Waals surface area contributed by atoms with Crippen molar-refractivity contribution in [2.24, 2.45) is 0 Å². The van der Waals surface area contributed by atoms with E-state index in [-0.39, 0.29) is 30.1 Å². The summed E-state index contributed by atoms with van der Waals surface area (Å²) in [6.07, 6.45) is -1.31. The van der Waals surface area contributed by atoms with Gasteiger partial charge in [-0.15, -0.1) is 0 Å². The van der Waals surface area contributed by atoms with Crippen LogP contribution in [0.4, 0.5) is 13.2 Å². The van der Waals surface area contributed by atoms with Crippen molar-refractivity contribution in [1.82, 2.24) is 0 Å². The van der Waals surface area contributed by atoms with Gasteiger partial charge in [-0.05, 0) is 54.4 Å². The average Bonchev–Trinajstić information content (AvgIpc) is 2.75. The van der Waals surface area contributed by atoms with Gasteiger partial charge in [0.15, 0.2) is 0 Å². The van der Waals surface area contributed by atoms with Gasteiger partial charge in [0.05, 0.1) is 6.61 Å². The molecule has 0 spiro atoms. The normalized spacial score (nSPS) is 13.4. The number of halogens is 3. The summed E-state index contributed by atoms with van der Waals surface area (Å²) in [5.41, 5.74) is 2.37. The second-order valence-corrected chi connectivity index (χ2v) is 7.28. The van der Waals surface area contributed by atoms with Crippen molar-refractivity contribution >= 4 is 0 Å². The number of rotatable bonds is 9. The highest BCUT2D eigenvalue weighted by molar-refractivity contribution is 5.30. The Kier molecular flexibility index (Phi) is 7.63. The summed E-state index contributed by atoms with van der Waals surface area (Å²) >= 11 is 0. The van der Waals surface area contributed by atoms with E-state index in [0.717, 1.165) is 5.56 Å². The number of quaternary nitrogens is 1. The molecule has 0 fully saturated rings. The molecule has 0 bridgehead atoms. The second kappa shape index (κ2) is 10.4. The van der Waals surface area contributed by atoms with Crippen molar-refractivity contribution in [2.45, 2.75) is 25.2 Å². The lowest BCUT2D eigenvalue weighted by Crippen LogP contribution is -2.87. The SMILES string of the molecule is C[C@@H]([NH2+]C[C@@H](O)COC(c1ccc(F)cc1)c1ccc(F)cc1)c1ccc(F)cc1. The lowest BCUT2D eigenvalue weighted by Gasteiger charge is -2.21. The fourth-order valence-electron chi connectivity index (χ4n) is 3.20. The van der Waals surface area contributed by atoms with Crippen LogP contribution in [0.3, 0.4) is 0 Å². The van der Waals surface area contributed by atoms with Crippen LogP contribution in [0, 0.1) is 17.5 Å². The Morgan fingerprint density at radius 2 is 1.13 bits per heavy atom. The molecule has 0 aliphatic heterocycles. The molecule has 6 heteroatoms. The number of nitrogens with two attached hydrogens (primary N) is 1. The highest BCUT2D eigenvalue weighted by atomic mass is 19.1. The van der Waals surface area contributed by atoms with Gasteiger partial charge in [0.2, 0.25) is 0 Å². The van der Waals surface area contributed by atoms with Gasteiger partial charge >= 0.3 is 0 Å². The van der Waals surface area contributed by atoms with Crippen LogP contribution in [0.5, 0.6) is 0 Å². The first kappa shape index (κ1) is 22.0. The van der Waals surface area contributed by atoms with Crippen molar-refractivity contribution in [2.75, 3.05) is 13.2 Å². The number of hydrogen-bond acceptors (Lipinski definition) is 2. The molecular weight excluding hydrogens is 391 g/mol. The fourth-order valence-corrected chi connectivity index (χ4v) is 3.20. The molecule has 3 N–H and O–H groups in total. The van der Waals surface area contributed by atoms with Crippen molar-refractivity contribution in [3.8, 4) is 0 Å². The van der Waals surface area contributed by atoms with Crippen LogP contribution in [0.1, 0.15) is 35.8 Å². The first-order chi connectivity index (χ1) is 14.4. The Hall–Kier alpha value is -2.67. The largest absolute Gasteiger partial charge is 0.385 e. The molecular formula is C24H25F3NO2+. The smallest absolute Gasteiger partial charge is 0.126 e. The molecule has 0 saturated carbocycles. The highest BCUT2D eigenvalue weighted by Gasteiger charge is 2.19. The third kappa shape index (κ3) is 6.16. The molecule has 2 atom stereocenters. The van der Waals surface area contributed by atoms with E-state index in [1.54, 1.807) is 36.4 Å². The van der Waals surface area contributed by atoms with Gasteiger partial charge in [-0.2, -0.15) is 0 Å². The van der Waals surface area contributed by atoms with Crippen LogP contribution < -0.4 is 5.32 Å². The minimum atomic E-state index is -0.753. The summed E-state index contributed by atoms with van der Waals surface area (Å²) in [5.74, 6) is -1.01. The van der Waals surface area contributed by atoms with Crippen molar-refractivity contribution < 1.29 is 28.3 Å². The average molecular weight is 416 g/mol. The molecule has 3 rings (SSSR count). The standard InChI is InChI=1S/C24H24F3NO2/c1-16(17-2-8-20(25)9-3-17)28-14-23(29)15-30-24(18-4-10-21(26)11-5-18)19-6-12-22(27)13-7-19/h2-13,16,23-24,28-29H,14-15H2,1H3/p+1/t16-,23-/m1/s1. The summed E-state index contributed by atoms with van der Waals surface area (Å²) in [7, 11) is 0. The maximum atomic E-state index is 13.3. The molecule has 30 heavy (non-hydrogen) atoms. The van der Waals surface area contributed by atoms with E-state index >= 15 is 0 Å². The third-order valence-corrected chi connectivity index (χ3v) is 4.96. The van der Waals surface area contributed by atoms with E-state index in [9.17, 15) is 18.3 Å². The van der Waals surface area contributed by atoms with Gasteiger partial charge in [-0.3, -0.25) is 0 Å². The lowest BCUT2D eigenvalue weighted by molar-refractivity contribution is -0.698. The summed E-state index contributed by atoms with van der Waals surface area (Å²) in [4.78, 5) is 0. The van der Waals surface area contributed by atoms with Crippen LogP contribution in [0.15, 0.2) is 72.8 Å². The van der Waals surface area contributed by atoms with Crippen LogP contribution in [-0.2, 0) is 4.74 Å². The summed E-state index contributed by atoms with van der Waals surface area (Å²) < 4.78 is 45.6. The fraction of sp³-hybridized carbons (Fsp3) is 0.250. The Morgan fingerprint density at radius 3 is 1.57 bits per heavy atom. The zero-order valence-electron chi connectivity index (χ0n) is 16.6. The molecule has 0 amide bonds. The molecule has 0 radical (unpaired) electrons. The second-order valence-electron chi connectivity index (χ2n) is 7.28. The molecule has 3 aromatic carbocycles. The molecule has 158 valence electrons. The van der Waals surface area contributed by atoms with E-state index in [1.165, 1.54) is 36.4 Å². The predicted octanol–water partition coefficient (Wildman–Crippen LogP) is 3.90. The molecule has 0 unspecified atom stereocenters. The van der Waals surface area contributed by atoms with E-state index in [0.29, 0.717) is 17.7 Å². The summed E-state index contributed by atoms with van der Waals surface area (Å²) in [6.45, 7) is 2.41. The first-order valence-electron chi connectivity index (χ1n) is 9.82. The summed E-state index contributed by atoms with van der Waals surface area (Å²) in [6, 6.07) is 18.1. The zero-order valence-corrected chi connectivity index (χ0v) is 16.6.